The molecule has 1 saturated heterocycles. The average Bonchev–Trinajstić information content (AvgIpc) is 3.23. The standard InChI is InChI=1S/C22H18FN3O4S/c1-11-12(2)31-22(25-11)26-18(13-5-4-8-24-10-13)17(20(28)21(26)29)19(27)15-9-14(23)6-7-16(15)30-3/h4-10,18,27H,1-3H3/t18-/m1/s1. The van der Waals surface area contributed by atoms with Crippen LogP contribution < -0.4 is 9.64 Å². The Balaban J connectivity index is 1.98. The van der Waals surface area contributed by atoms with E-state index in [-0.39, 0.29) is 16.9 Å². The first kappa shape index (κ1) is 20.7. The molecule has 0 spiro atoms. The van der Waals surface area contributed by atoms with Crippen molar-refractivity contribution in [2.45, 2.75) is 19.9 Å². The molecule has 1 fully saturated rings. The van der Waals surface area contributed by atoms with Gasteiger partial charge in [0.15, 0.2) is 5.13 Å². The van der Waals surface area contributed by atoms with Crippen LogP contribution in [0.2, 0.25) is 0 Å². The summed E-state index contributed by atoms with van der Waals surface area (Å²) in [5.41, 5.74) is 1.02. The number of thiazole rings is 1. The van der Waals surface area contributed by atoms with Crippen molar-refractivity contribution in [1.29, 1.82) is 0 Å². The van der Waals surface area contributed by atoms with Crippen LogP contribution in [0.25, 0.3) is 5.76 Å². The number of carbonyl (C=O) groups excluding carboxylic acids is 2. The zero-order chi connectivity index (χ0) is 22.3. The molecule has 1 aliphatic heterocycles. The number of carbonyl (C=O) groups is 2. The molecule has 3 aromatic rings. The molecule has 1 N–H and O–H groups in total. The first-order valence-corrected chi connectivity index (χ1v) is 10.1. The van der Waals surface area contributed by atoms with Crippen LogP contribution in [0.4, 0.5) is 9.52 Å². The number of nitrogens with zero attached hydrogens (tertiary/aromatic N) is 3. The Morgan fingerprint density at radius 2 is 2.03 bits per heavy atom. The molecule has 7 nitrogen and oxygen atoms in total. The highest BCUT2D eigenvalue weighted by molar-refractivity contribution is 7.16. The maximum atomic E-state index is 13.9. The van der Waals surface area contributed by atoms with Crippen LogP contribution in [0.3, 0.4) is 0 Å². The van der Waals surface area contributed by atoms with Gasteiger partial charge in [-0.3, -0.25) is 19.5 Å². The summed E-state index contributed by atoms with van der Waals surface area (Å²) in [6, 6.07) is 5.95. The highest BCUT2D eigenvalue weighted by atomic mass is 32.1. The van der Waals surface area contributed by atoms with Crippen LogP contribution in [0.1, 0.15) is 27.7 Å². The molecule has 9 heteroatoms. The molecule has 31 heavy (non-hydrogen) atoms. The summed E-state index contributed by atoms with van der Waals surface area (Å²) in [5.74, 6) is -2.73. The van der Waals surface area contributed by atoms with Crippen molar-refractivity contribution in [2.24, 2.45) is 0 Å². The monoisotopic (exact) mass is 439 g/mol. The number of aryl methyl sites for hydroxylation is 2. The first-order chi connectivity index (χ1) is 14.8. The number of amides is 1. The zero-order valence-electron chi connectivity index (χ0n) is 16.9. The maximum Gasteiger partial charge on any atom is 0.301 e. The lowest BCUT2D eigenvalue weighted by Gasteiger charge is -2.22. The average molecular weight is 439 g/mol. The second-order valence-electron chi connectivity index (χ2n) is 6.94. The third-order valence-electron chi connectivity index (χ3n) is 5.08. The Hall–Kier alpha value is -3.59. The van der Waals surface area contributed by atoms with E-state index in [1.165, 1.54) is 41.7 Å². The molecular formula is C22H18FN3O4S. The predicted octanol–water partition coefficient (Wildman–Crippen LogP) is 3.93. The van der Waals surface area contributed by atoms with Gasteiger partial charge in [-0.25, -0.2) is 9.37 Å². The lowest BCUT2D eigenvalue weighted by molar-refractivity contribution is -0.132. The summed E-state index contributed by atoms with van der Waals surface area (Å²) >= 11 is 1.27. The minimum atomic E-state index is -0.980. The van der Waals surface area contributed by atoms with Crippen molar-refractivity contribution in [3.05, 3.63) is 75.8 Å². The normalized spacial score (nSPS) is 17.9. The van der Waals surface area contributed by atoms with Gasteiger partial charge in [-0.2, -0.15) is 0 Å². The number of aliphatic hydroxyl groups is 1. The van der Waals surface area contributed by atoms with Crippen molar-refractivity contribution in [2.75, 3.05) is 12.0 Å². The van der Waals surface area contributed by atoms with Gasteiger partial charge >= 0.3 is 5.91 Å². The quantitative estimate of drug-likeness (QED) is 0.376. The number of rotatable bonds is 4. The molecule has 158 valence electrons. The third-order valence-corrected chi connectivity index (χ3v) is 6.16. The summed E-state index contributed by atoms with van der Waals surface area (Å²) < 4.78 is 19.2. The van der Waals surface area contributed by atoms with Crippen molar-refractivity contribution >= 4 is 33.9 Å². The van der Waals surface area contributed by atoms with Gasteiger partial charge in [0.2, 0.25) is 0 Å². The van der Waals surface area contributed by atoms with E-state index in [4.69, 9.17) is 4.74 Å². The van der Waals surface area contributed by atoms with Crippen LogP contribution >= 0.6 is 11.3 Å². The van der Waals surface area contributed by atoms with Gasteiger partial charge in [0.25, 0.3) is 5.78 Å². The van der Waals surface area contributed by atoms with Crippen molar-refractivity contribution in [3.63, 3.8) is 0 Å². The van der Waals surface area contributed by atoms with Gasteiger partial charge in [-0.1, -0.05) is 6.07 Å². The highest BCUT2D eigenvalue weighted by Gasteiger charge is 2.48. The molecule has 1 aliphatic rings. The van der Waals surface area contributed by atoms with E-state index in [1.54, 1.807) is 18.3 Å². The van der Waals surface area contributed by atoms with Crippen LogP contribution in [0.5, 0.6) is 5.75 Å². The van der Waals surface area contributed by atoms with Gasteiger partial charge in [-0.05, 0) is 43.7 Å². The molecule has 0 bridgehead atoms. The van der Waals surface area contributed by atoms with E-state index < -0.39 is 29.3 Å². The summed E-state index contributed by atoms with van der Waals surface area (Å²) in [6.07, 6.45) is 3.07. The van der Waals surface area contributed by atoms with E-state index in [9.17, 15) is 19.1 Å². The number of aromatic nitrogens is 2. The minimum Gasteiger partial charge on any atom is -0.507 e. The van der Waals surface area contributed by atoms with Crippen molar-refractivity contribution in [1.82, 2.24) is 9.97 Å². The van der Waals surface area contributed by atoms with Gasteiger partial charge in [0.05, 0.1) is 30.0 Å². The van der Waals surface area contributed by atoms with Gasteiger partial charge < -0.3 is 9.84 Å². The number of hydrogen-bond donors (Lipinski definition) is 1. The van der Waals surface area contributed by atoms with Crippen molar-refractivity contribution < 1.29 is 23.8 Å². The van der Waals surface area contributed by atoms with E-state index in [1.807, 2.05) is 13.8 Å². The first-order valence-electron chi connectivity index (χ1n) is 9.32. The Kier molecular flexibility index (Phi) is 5.28. The Labute approximate surface area is 181 Å². The molecule has 1 aromatic carbocycles. The van der Waals surface area contributed by atoms with Gasteiger partial charge in [-0.15, -0.1) is 11.3 Å². The van der Waals surface area contributed by atoms with Crippen LogP contribution in [0.15, 0.2) is 48.3 Å². The number of ether oxygens (including phenoxy) is 1. The molecule has 4 rings (SSSR count). The molecule has 1 amide bonds. The predicted molar refractivity (Wildman–Crippen MR) is 114 cm³/mol. The summed E-state index contributed by atoms with van der Waals surface area (Å²) in [7, 11) is 1.36. The summed E-state index contributed by atoms with van der Waals surface area (Å²) in [5, 5.41) is 11.4. The van der Waals surface area contributed by atoms with E-state index in [0.29, 0.717) is 10.7 Å². The fourth-order valence-corrected chi connectivity index (χ4v) is 4.39. The van der Waals surface area contributed by atoms with E-state index in [2.05, 4.69) is 9.97 Å². The Bertz CT molecular complexity index is 1200. The van der Waals surface area contributed by atoms with E-state index >= 15 is 0 Å². The molecular weight excluding hydrogens is 421 g/mol. The number of methoxy groups -OCH3 is 1. The third kappa shape index (κ3) is 3.46. The molecule has 0 aliphatic carbocycles. The minimum absolute atomic E-state index is 0.0270. The lowest BCUT2D eigenvalue weighted by atomic mass is 9.96. The van der Waals surface area contributed by atoms with Crippen LogP contribution in [-0.4, -0.2) is 33.9 Å². The topological polar surface area (TPSA) is 92.6 Å². The number of ketones is 1. The number of anilines is 1. The van der Waals surface area contributed by atoms with Gasteiger partial charge in [0.1, 0.15) is 17.3 Å². The highest BCUT2D eigenvalue weighted by Crippen LogP contribution is 2.44. The lowest BCUT2D eigenvalue weighted by Crippen LogP contribution is -2.29. The SMILES string of the molecule is COc1ccc(F)cc1C(O)=C1C(=O)C(=O)N(c2nc(C)c(C)s2)[C@@H]1c1cccnc1. The Morgan fingerprint density at radius 1 is 1.26 bits per heavy atom. The largest absolute Gasteiger partial charge is 0.507 e. The molecule has 2 aromatic heterocycles. The summed E-state index contributed by atoms with van der Waals surface area (Å²) in [6.45, 7) is 3.67. The second-order valence-corrected chi connectivity index (χ2v) is 8.12. The molecule has 3 heterocycles. The molecule has 1 atom stereocenters. The number of aliphatic hydroxyl groups excluding tert-OH is 1. The number of halogens is 1. The molecule has 0 saturated carbocycles. The molecule has 0 radical (unpaired) electrons. The second kappa shape index (κ2) is 7.92. The smallest absolute Gasteiger partial charge is 0.301 e. The van der Waals surface area contributed by atoms with E-state index in [0.717, 1.165) is 16.6 Å². The number of hydrogen-bond acceptors (Lipinski definition) is 7. The fraction of sp³-hybridized carbons (Fsp3) is 0.182. The van der Waals surface area contributed by atoms with Crippen LogP contribution in [-0.2, 0) is 9.59 Å². The molecule has 0 unspecified atom stereocenters. The number of Topliss-reactive ketones (excluding diaryl/α,β-unsaturated/α-hetero) is 1. The van der Waals surface area contributed by atoms with Gasteiger partial charge in [0, 0.05) is 17.3 Å². The summed E-state index contributed by atoms with van der Waals surface area (Å²) in [4.78, 5) is 36.8. The zero-order valence-corrected chi connectivity index (χ0v) is 17.7. The Morgan fingerprint density at radius 3 is 2.65 bits per heavy atom. The fourth-order valence-electron chi connectivity index (χ4n) is 3.45. The van der Waals surface area contributed by atoms with Crippen LogP contribution in [0, 0.1) is 19.7 Å². The van der Waals surface area contributed by atoms with Crippen molar-refractivity contribution in [3.8, 4) is 5.75 Å². The number of pyridine rings is 1. The maximum absolute atomic E-state index is 13.9. The number of benzene rings is 1.